The molecule has 1 aliphatic rings. The number of halogens is 1. The standard InChI is InChI=1S/C24H25ClN4O3/c1-17(30)27-10-12-28(13-11-27)20-7-9-23-22(14-20)24(32)29(16-26-23)15-21(31)8-4-18-2-5-19(25)6-3-18/h2-3,5-7,9,14,16H,4,8,10-13,15H2,1H3. The molecule has 0 spiro atoms. The molecule has 1 aliphatic heterocycles. The first-order valence-corrected chi connectivity index (χ1v) is 11.0. The van der Waals surface area contributed by atoms with E-state index in [2.05, 4.69) is 9.88 Å². The van der Waals surface area contributed by atoms with Gasteiger partial charge in [0.2, 0.25) is 5.91 Å². The summed E-state index contributed by atoms with van der Waals surface area (Å²) < 4.78 is 1.38. The van der Waals surface area contributed by atoms with Gasteiger partial charge in [0.25, 0.3) is 5.56 Å². The molecule has 0 N–H and O–H groups in total. The first-order valence-electron chi connectivity index (χ1n) is 10.7. The molecule has 0 saturated carbocycles. The predicted octanol–water partition coefficient (Wildman–Crippen LogP) is 2.92. The summed E-state index contributed by atoms with van der Waals surface area (Å²) in [5.74, 6) is 0.0516. The van der Waals surface area contributed by atoms with Crippen molar-refractivity contribution in [2.24, 2.45) is 0 Å². The molecule has 8 heteroatoms. The third kappa shape index (κ3) is 4.99. The molecular weight excluding hydrogens is 428 g/mol. The predicted molar refractivity (Wildman–Crippen MR) is 125 cm³/mol. The van der Waals surface area contributed by atoms with E-state index < -0.39 is 0 Å². The molecule has 0 bridgehead atoms. The number of fused-ring (bicyclic) bond motifs is 1. The van der Waals surface area contributed by atoms with Gasteiger partial charge in [-0.15, -0.1) is 0 Å². The fourth-order valence-corrected chi connectivity index (χ4v) is 4.07. The van der Waals surface area contributed by atoms with Crippen molar-refractivity contribution in [3.63, 3.8) is 0 Å². The first kappa shape index (κ1) is 22.0. The largest absolute Gasteiger partial charge is 0.368 e. The van der Waals surface area contributed by atoms with Crippen molar-refractivity contribution in [2.75, 3.05) is 31.1 Å². The fourth-order valence-electron chi connectivity index (χ4n) is 3.94. The molecule has 0 radical (unpaired) electrons. The molecule has 0 unspecified atom stereocenters. The highest BCUT2D eigenvalue weighted by Crippen LogP contribution is 2.20. The quantitative estimate of drug-likeness (QED) is 0.574. The highest BCUT2D eigenvalue weighted by Gasteiger charge is 2.19. The van der Waals surface area contributed by atoms with Gasteiger partial charge in [-0.2, -0.15) is 0 Å². The van der Waals surface area contributed by atoms with Crippen LogP contribution in [-0.4, -0.2) is 52.3 Å². The summed E-state index contributed by atoms with van der Waals surface area (Å²) in [5, 5.41) is 1.15. The number of piperazine rings is 1. The Morgan fingerprint density at radius 2 is 1.75 bits per heavy atom. The minimum absolute atomic E-state index is 0.00310. The van der Waals surface area contributed by atoms with Crippen molar-refractivity contribution >= 4 is 39.9 Å². The summed E-state index contributed by atoms with van der Waals surface area (Å²) >= 11 is 5.90. The van der Waals surface area contributed by atoms with Crippen LogP contribution in [0.5, 0.6) is 0 Å². The van der Waals surface area contributed by atoms with Gasteiger partial charge in [0.1, 0.15) is 0 Å². The van der Waals surface area contributed by atoms with Crippen molar-refractivity contribution in [1.82, 2.24) is 14.5 Å². The number of hydrogen-bond donors (Lipinski definition) is 0. The van der Waals surface area contributed by atoms with Crippen LogP contribution in [0, 0.1) is 0 Å². The Morgan fingerprint density at radius 3 is 2.44 bits per heavy atom. The maximum absolute atomic E-state index is 13.0. The number of aryl methyl sites for hydroxylation is 1. The topological polar surface area (TPSA) is 75.5 Å². The number of aromatic nitrogens is 2. The van der Waals surface area contributed by atoms with E-state index in [9.17, 15) is 14.4 Å². The van der Waals surface area contributed by atoms with Crippen LogP contribution < -0.4 is 10.5 Å². The molecule has 3 aromatic rings. The summed E-state index contributed by atoms with van der Waals surface area (Å²) in [4.78, 5) is 45.4. The van der Waals surface area contributed by atoms with Crippen LogP contribution in [0.15, 0.2) is 53.6 Å². The number of rotatable bonds is 6. The highest BCUT2D eigenvalue weighted by atomic mass is 35.5. The number of benzene rings is 2. The second-order valence-electron chi connectivity index (χ2n) is 8.04. The summed E-state index contributed by atoms with van der Waals surface area (Å²) in [6.45, 7) is 4.32. The van der Waals surface area contributed by atoms with Crippen LogP contribution in [-0.2, 0) is 22.6 Å². The molecule has 0 atom stereocenters. The Kier molecular flexibility index (Phi) is 6.55. The molecule has 1 fully saturated rings. The van der Waals surface area contributed by atoms with E-state index in [0.717, 1.165) is 11.3 Å². The van der Waals surface area contributed by atoms with E-state index in [1.807, 2.05) is 35.2 Å². The number of anilines is 1. The van der Waals surface area contributed by atoms with Gasteiger partial charge in [0.05, 0.1) is 23.8 Å². The average molecular weight is 453 g/mol. The Bertz CT molecular complexity index is 1200. The van der Waals surface area contributed by atoms with Crippen molar-refractivity contribution in [3.8, 4) is 0 Å². The molecule has 32 heavy (non-hydrogen) atoms. The second kappa shape index (κ2) is 9.53. The Morgan fingerprint density at radius 1 is 1.03 bits per heavy atom. The van der Waals surface area contributed by atoms with E-state index in [-0.39, 0.29) is 23.8 Å². The zero-order valence-corrected chi connectivity index (χ0v) is 18.7. The molecule has 2 aromatic carbocycles. The lowest BCUT2D eigenvalue weighted by Crippen LogP contribution is -2.48. The molecule has 4 rings (SSSR count). The van der Waals surface area contributed by atoms with Gasteiger partial charge in [-0.1, -0.05) is 23.7 Å². The molecule has 2 heterocycles. The number of ketones is 1. The van der Waals surface area contributed by atoms with Crippen LogP contribution >= 0.6 is 11.6 Å². The zero-order chi connectivity index (χ0) is 22.7. The number of amides is 1. The monoisotopic (exact) mass is 452 g/mol. The third-order valence-electron chi connectivity index (χ3n) is 5.85. The summed E-state index contributed by atoms with van der Waals surface area (Å²) in [5.41, 5.74) is 2.33. The molecule has 1 amide bonds. The van der Waals surface area contributed by atoms with Gasteiger partial charge in [0.15, 0.2) is 5.78 Å². The smallest absolute Gasteiger partial charge is 0.261 e. The normalized spacial score (nSPS) is 14.1. The minimum Gasteiger partial charge on any atom is -0.368 e. The van der Waals surface area contributed by atoms with Crippen molar-refractivity contribution < 1.29 is 9.59 Å². The average Bonchev–Trinajstić information content (AvgIpc) is 2.80. The SMILES string of the molecule is CC(=O)N1CCN(c2ccc3ncn(CC(=O)CCc4ccc(Cl)cc4)c(=O)c3c2)CC1. The molecule has 7 nitrogen and oxygen atoms in total. The lowest BCUT2D eigenvalue weighted by atomic mass is 10.1. The Labute approximate surface area is 191 Å². The van der Waals surface area contributed by atoms with E-state index in [1.54, 1.807) is 19.1 Å². The molecule has 1 aromatic heterocycles. The molecular formula is C24H25ClN4O3. The highest BCUT2D eigenvalue weighted by molar-refractivity contribution is 6.30. The van der Waals surface area contributed by atoms with E-state index in [4.69, 9.17) is 11.6 Å². The lowest BCUT2D eigenvalue weighted by molar-refractivity contribution is -0.129. The van der Waals surface area contributed by atoms with Gasteiger partial charge in [-0.3, -0.25) is 19.0 Å². The minimum atomic E-state index is -0.223. The van der Waals surface area contributed by atoms with Gasteiger partial charge in [-0.25, -0.2) is 4.98 Å². The Balaban J connectivity index is 1.46. The van der Waals surface area contributed by atoms with Crippen molar-refractivity contribution in [3.05, 3.63) is 69.7 Å². The zero-order valence-electron chi connectivity index (χ0n) is 18.0. The Hall–Kier alpha value is -3.19. The number of carbonyl (C=O) groups is 2. The first-order chi connectivity index (χ1) is 15.4. The number of carbonyl (C=O) groups excluding carboxylic acids is 2. The van der Waals surface area contributed by atoms with Crippen LogP contribution in [0.4, 0.5) is 5.69 Å². The van der Waals surface area contributed by atoms with Crippen LogP contribution in [0.3, 0.4) is 0 Å². The summed E-state index contributed by atoms with van der Waals surface area (Å²) in [6.07, 6.45) is 2.38. The summed E-state index contributed by atoms with van der Waals surface area (Å²) in [7, 11) is 0. The molecule has 0 aliphatic carbocycles. The van der Waals surface area contributed by atoms with Gasteiger partial charge in [0, 0.05) is 50.2 Å². The summed E-state index contributed by atoms with van der Waals surface area (Å²) in [6, 6.07) is 13.0. The van der Waals surface area contributed by atoms with Gasteiger partial charge >= 0.3 is 0 Å². The third-order valence-corrected chi connectivity index (χ3v) is 6.10. The maximum Gasteiger partial charge on any atom is 0.261 e. The van der Waals surface area contributed by atoms with E-state index >= 15 is 0 Å². The number of hydrogen-bond acceptors (Lipinski definition) is 5. The lowest BCUT2D eigenvalue weighted by Gasteiger charge is -2.35. The maximum atomic E-state index is 13.0. The fraction of sp³-hybridized carbons (Fsp3) is 0.333. The number of Topliss-reactive ketones (excluding diaryl/α,β-unsaturated/α-hetero) is 1. The van der Waals surface area contributed by atoms with Gasteiger partial charge in [-0.05, 0) is 42.3 Å². The van der Waals surface area contributed by atoms with Crippen molar-refractivity contribution in [1.29, 1.82) is 0 Å². The molecule has 1 saturated heterocycles. The second-order valence-corrected chi connectivity index (χ2v) is 8.47. The van der Waals surface area contributed by atoms with Crippen molar-refractivity contribution in [2.45, 2.75) is 26.3 Å². The van der Waals surface area contributed by atoms with E-state index in [1.165, 1.54) is 10.9 Å². The van der Waals surface area contributed by atoms with Crippen LogP contribution in [0.1, 0.15) is 18.9 Å². The van der Waals surface area contributed by atoms with Gasteiger partial charge < -0.3 is 9.80 Å². The van der Waals surface area contributed by atoms with Crippen LogP contribution in [0.2, 0.25) is 5.02 Å². The molecule has 166 valence electrons. The number of nitrogens with zero attached hydrogens (tertiary/aromatic N) is 4. The van der Waals surface area contributed by atoms with E-state index in [0.29, 0.717) is 54.9 Å². The van der Waals surface area contributed by atoms with Crippen LogP contribution in [0.25, 0.3) is 10.9 Å².